The van der Waals surface area contributed by atoms with Crippen LogP contribution in [0.25, 0.3) is 0 Å². The number of hydrogen-bond donors (Lipinski definition) is 1. The van der Waals surface area contributed by atoms with E-state index < -0.39 is 11.8 Å². The number of nitrogens with zero attached hydrogens (tertiary/aromatic N) is 2. The topological polar surface area (TPSA) is 87.0 Å². The number of Topliss-reactive ketones (excluding diaryl/α,β-unsaturated/α-hetero) is 1. The lowest BCUT2D eigenvalue weighted by Crippen LogP contribution is -2.28. The summed E-state index contributed by atoms with van der Waals surface area (Å²) in [5.74, 6) is -1.39. The molecule has 6 nitrogen and oxygen atoms in total. The number of rotatable bonds is 2. The zero-order valence-corrected chi connectivity index (χ0v) is 12.9. The molecule has 0 atom stereocenters. The first-order chi connectivity index (χ1) is 10.8. The van der Waals surface area contributed by atoms with Crippen LogP contribution in [-0.2, 0) is 4.79 Å². The normalized spacial score (nSPS) is 20.6. The average molecular weight is 312 g/mol. The maximum absolute atomic E-state index is 12.2. The molecule has 1 N–H and O–H groups in total. The molecule has 3 rings (SSSR count). The Morgan fingerprint density at radius 1 is 1.09 bits per heavy atom. The SMILES string of the molecule is CC1(C)CC(=O)C(/C=N/N2C(=O)c3ccccc3C2=O)=C(O)C1. The van der Waals surface area contributed by atoms with Gasteiger partial charge in [0.2, 0.25) is 0 Å². The molecule has 118 valence electrons. The number of amides is 2. The van der Waals surface area contributed by atoms with E-state index in [0.29, 0.717) is 6.42 Å². The Labute approximate surface area is 133 Å². The van der Waals surface area contributed by atoms with E-state index in [1.54, 1.807) is 24.3 Å². The summed E-state index contributed by atoms with van der Waals surface area (Å²) < 4.78 is 0. The third-order valence-electron chi connectivity index (χ3n) is 3.97. The van der Waals surface area contributed by atoms with Crippen molar-refractivity contribution in [1.82, 2.24) is 5.01 Å². The number of carbonyl (C=O) groups is 3. The summed E-state index contributed by atoms with van der Waals surface area (Å²) in [6.45, 7) is 3.78. The molecule has 1 aromatic rings. The van der Waals surface area contributed by atoms with E-state index in [-0.39, 0.29) is 40.1 Å². The first-order valence-corrected chi connectivity index (χ1v) is 7.27. The van der Waals surface area contributed by atoms with Crippen LogP contribution in [0.15, 0.2) is 40.7 Å². The van der Waals surface area contributed by atoms with Crippen molar-refractivity contribution in [3.05, 3.63) is 46.7 Å². The van der Waals surface area contributed by atoms with Gasteiger partial charge in [-0.3, -0.25) is 14.4 Å². The molecule has 1 aliphatic carbocycles. The molecule has 0 bridgehead atoms. The maximum atomic E-state index is 12.2. The zero-order valence-electron chi connectivity index (χ0n) is 12.9. The monoisotopic (exact) mass is 312 g/mol. The van der Waals surface area contributed by atoms with E-state index in [9.17, 15) is 19.5 Å². The summed E-state index contributed by atoms with van der Waals surface area (Å²) in [5, 5.41) is 14.6. The van der Waals surface area contributed by atoms with Crippen LogP contribution < -0.4 is 0 Å². The smallest absolute Gasteiger partial charge is 0.282 e. The van der Waals surface area contributed by atoms with E-state index in [1.807, 2.05) is 13.8 Å². The molecule has 0 spiro atoms. The molecule has 2 aliphatic rings. The van der Waals surface area contributed by atoms with Gasteiger partial charge in [0.25, 0.3) is 11.8 Å². The molecule has 2 amide bonds. The van der Waals surface area contributed by atoms with E-state index >= 15 is 0 Å². The quantitative estimate of drug-likeness (QED) is 0.671. The fourth-order valence-electron chi connectivity index (χ4n) is 2.85. The number of hydrogen-bond acceptors (Lipinski definition) is 5. The van der Waals surface area contributed by atoms with Crippen molar-refractivity contribution in [3.8, 4) is 0 Å². The molecule has 1 aliphatic heterocycles. The van der Waals surface area contributed by atoms with E-state index in [1.165, 1.54) is 0 Å². The second kappa shape index (κ2) is 5.15. The maximum Gasteiger partial charge on any atom is 0.282 e. The van der Waals surface area contributed by atoms with Gasteiger partial charge in [-0.25, -0.2) is 0 Å². The third-order valence-corrected chi connectivity index (χ3v) is 3.97. The number of fused-ring (bicyclic) bond motifs is 1. The summed E-state index contributed by atoms with van der Waals surface area (Å²) in [6, 6.07) is 6.43. The van der Waals surface area contributed by atoms with Gasteiger partial charge in [0.05, 0.1) is 22.9 Å². The van der Waals surface area contributed by atoms with Crippen molar-refractivity contribution >= 4 is 23.8 Å². The van der Waals surface area contributed by atoms with Crippen LogP contribution in [0.2, 0.25) is 0 Å². The highest BCUT2D eigenvalue weighted by molar-refractivity contribution is 6.22. The van der Waals surface area contributed by atoms with Crippen molar-refractivity contribution in [2.45, 2.75) is 26.7 Å². The Balaban J connectivity index is 1.89. The van der Waals surface area contributed by atoms with Gasteiger partial charge in [-0.15, -0.1) is 0 Å². The summed E-state index contributed by atoms with van der Waals surface area (Å²) in [6.07, 6.45) is 1.73. The fourth-order valence-corrected chi connectivity index (χ4v) is 2.85. The Bertz CT molecular complexity index is 755. The van der Waals surface area contributed by atoms with Gasteiger partial charge in [0.15, 0.2) is 5.78 Å². The number of aliphatic hydroxyl groups is 1. The van der Waals surface area contributed by atoms with Gasteiger partial charge >= 0.3 is 0 Å². The van der Waals surface area contributed by atoms with Crippen molar-refractivity contribution < 1.29 is 19.5 Å². The van der Waals surface area contributed by atoms with E-state index in [0.717, 1.165) is 11.2 Å². The summed E-state index contributed by atoms with van der Waals surface area (Å²) in [5.41, 5.74) is 0.308. The molecular weight excluding hydrogens is 296 g/mol. The summed E-state index contributed by atoms with van der Waals surface area (Å²) >= 11 is 0. The van der Waals surface area contributed by atoms with Gasteiger partial charge in [-0.05, 0) is 17.5 Å². The van der Waals surface area contributed by atoms with Crippen LogP contribution in [0.3, 0.4) is 0 Å². The van der Waals surface area contributed by atoms with Gasteiger partial charge < -0.3 is 5.11 Å². The number of imide groups is 1. The lowest BCUT2D eigenvalue weighted by atomic mass is 9.77. The number of aliphatic hydroxyl groups excluding tert-OH is 1. The Morgan fingerprint density at radius 3 is 2.17 bits per heavy atom. The van der Waals surface area contributed by atoms with Crippen LogP contribution in [0.1, 0.15) is 47.4 Å². The predicted molar refractivity (Wildman–Crippen MR) is 83.1 cm³/mol. The number of ketones is 1. The molecule has 1 aromatic carbocycles. The van der Waals surface area contributed by atoms with Crippen LogP contribution in [0.5, 0.6) is 0 Å². The van der Waals surface area contributed by atoms with Crippen molar-refractivity contribution in [2.24, 2.45) is 10.5 Å². The molecular formula is C17H16N2O4. The molecule has 0 fully saturated rings. The lowest BCUT2D eigenvalue weighted by Gasteiger charge is -2.28. The Kier molecular flexibility index (Phi) is 3.39. The average Bonchev–Trinajstić information content (AvgIpc) is 2.70. The summed E-state index contributed by atoms with van der Waals surface area (Å²) in [4.78, 5) is 36.5. The molecule has 6 heteroatoms. The minimum atomic E-state index is -0.537. The number of benzene rings is 1. The number of allylic oxidation sites excluding steroid dienone is 2. The van der Waals surface area contributed by atoms with Crippen LogP contribution in [0.4, 0.5) is 0 Å². The first kappa shape index (κ1) is 15.1. The summed E-state index contributed by atoms with van der Waals surface area (Å²) in [7, 11) is 0. The van der Waals surface area contributed by atoms with Crippen molar-refractivity contribution in [2.75, 3.05) is 0 Å². The molecule has 0 unspecified atom stereocenters. The molecule has 1 heterocycles. The molecule has 0 radical (unpaired) electrons. The van der Waals surface area contributed by atoms with Crippen LogP contribution >= 0.6 is 0 Å². The Morgan fingerprint density at radius 2 is 1.65 bits per heavy atom. The second-order valence-corrected chi connectivity index (χ2v) is 6.51. The van der Waals surface area contributed by atoms with Crippen LogP contribution in [0, 0.1) is 5.41 Å². The molecule has 0 aromatic heterocycles. The Hall–Kier alpha value is -2.76. The fraction of sp³-hybridized carbons (Fsp3) is 0.294. The highest BCUT2D eigenvalue weighted by atomic mass is 16.3. The van der Waals surface area contributed by atoms with Crippen molar-refractivity contribution in [3.63, 3.8) is 0 Å². The van der Waals surface area contributed by atoms with Gasteiger partial charge in [-0.2, -0.15) is 10.1 Å². The zero-order chi connectivity index (χ0) is 16.8. The van der Waals surface area contributed by atoms with E-state index in [2.05, 4.69) is 5.10 Å². The van der Waals surface area contributed by atoms with Crippen molar-refractivity contribution in [1.29, 1.82) is 0 Å². The highest BCUT2D eigenvalue weighted by Gasteiger charge is 2.36. The minimum Gasteiger partial charge on any atom is -0.511 e. The number of carbonyl (C=O) groups excluding carboxylic acids is 3. The second-order valence-electron chi connectivity index (χ2n) is 6.51. The largest absolute Gasteiger partial charge is 0.511 e. The van der Waals surface area contributed by atoms with Gasteiger partial charge in [0, 0.05) is 12.8 Å². The number of hydrazone groups is 1. The van der Waals surface area contributed by atoms with Crippen LogP contribution in [-0.4, -0.2) is 33.9 Å². The third kappa shape index (κ3) is 2.56. The van der Waals surface area contributed by atoms with Gasteiger partial charge in [0.1, 0.15) is 5.76 Å². The molecule has 23 heavy (non-hydrogen) atoms. The first-order valence-electron chi connectivity index (χ1n) is 7.27. The minimum absolute atomic E-state index is 0.0564. The van der Waals surface area contributed by atoms with E-state index in [4.69, 9.17) is 0 Å². The molecule has 0 saturated carbocycles. The van der Waals surface area contributed by atoms with Gasteiger partial charge in [-0.1, -0.05) is 26.0 Å². The molecule has 0 saturated heterocycles. The predicted octanol–water partition coefficient (Wildman–Crippen LogP) is 2.47. The lowest BCUT2D eigenvalue weighted by molar-refractivity contribution is -0.117. The highest BCUT2D eigenvalue weighted by Crippen LogP contribution is 2.35. The standard InChI is InChI=1S/C17H16N2O4/c1-17(2)7-13(20)12(14(21)8-17)9-18-19-15(22)10-5-3-4-6-11(10)16(19)23/h3-6,9,20H,7-8H2,1-2H3/b18-9+.